The summed E-state index contributed by atoms with van der Waals surface area (Å²) < 4.78 is 24.6. The van der Waals surface area contributed by atoms with Crippen molar-refractivity contribution in [3.05, 3.63) is 0 Å². The van der Waals surface area contributed by atoms with E-state index in [4.69, 9.17) is 0 Å². The van der Waals surface area contributed by atoms with Crippen LogP contribution in [0.2, 0.25) is 0 Å². The monoisotopic (exact) mass is 304 g/mol. The lowest BCUT2D eigenvalue weighted by Crippen LogP contribution is -2.51. The molecule has 2 heterocycles. The molecule has 116 valence electrons. The molecule has 0 radical (unpaired) electrons. The summed E-state index contributed by atoms with van der Waals surface area (Å²) in [7, 11) is -3.23. The molecule has 0 bridgehead atoms. The lowest BCUT2D eigenvalue weighted by atomic mass is 9.93. The van der Waals surface area contributed by atoms with Crippen molar-refractivity contribution < 1.29 is 18.3 Å². The molecule has 2 aliphatic heterocycles. The van der Waals surface area contributed by atoms with Gasteiger partial charge < -0.3 is 10.0 Å². The fourth-order valence-corrected chi connectivity index (χ4v) is 3.86. The molecule has 2 saturated heterocycles. The van der Waals surface area contributed by atoms with Gasteiger partial charge in [0.2, 0.25) is 15.9 Å². The van der Waals surface area contributed by atoms with Crippen molar-refractivity contribution in [2.45, 2.75) is 32.3 Å². The number of piperidine rings is 2. The molecule has 2 fully saturated rings. The lowest BCUT2D eigenvalue weighted by molar-refractivity contribution is -0.141. The summed E-state index contributed by atoms with van der Waals surface area (Å²) in [5, 5.41) is 9.88. The number of aliphatic hydroxyl groups is 1. The van der Waals surface area contributed by atoms with Gasteiger partial charge in [0.25, 0.3) is 0 Å². The zero-order valence-electron chi connectivity index (χ0n) is 12.2. The molecule has 20 heavy (non-hydrogen) atoms. The summed E-state index contributed by atoms with van der Waals surface area (Å²) in [4.78, 5) is 14.2. The van der Waals surface area contributed by atoms with Gasteiger partial charge in [-0.2, -0.15) is 0 Å². The van der Waals surface area contributed by atoms with Crippen LogP contribution in [0.15, 0.2) is 0 Å². The standard InChI is InChI=1S/C13H24N2O4S/c1-10-5-7-14(9-12(10)16)13(17)11-4-3-6-15(8-11)20(2,18)19/h10-12,16H,3-9H2,1-2H3. The molecule has 1 amide bonds. The number of aliphatic hydroxyl groups excluding tert-OH is 1. The van der Waals surface area contributed by atoms with E-state index in [0.29, 0.717) is 19.6 Å². The fraction of sp³-hybridized carbons (Fsp3) is 0.923. The van der Waals surface area contributed by atoms with Gasteiger partial charge in [0.1, 0.15) is 0 Å². The van der Waals surface area contributed by atoms with Crippen LogP contribution in [0.5, 0.6) is 0 Å². The molecule has 0 aromatic heterocycles. The first-order valence-corrected chi connectivity index (χ1v) is 9.06. The molecule has 1 N–H and O–H groups in total. The molecule has 0 aliphatic carbocycles. The normalized spacial score (nSPS) is 33.1. The van der Waals surface area contributed by atoms with Gasteiger partial charge in [-0.05, 0) is 25.2 Å². The summed E-state index contributed by atoms with van der Waals surface area (Å²) in [6, 6.07) is 0. The maximum absolute atomic E-state index is 12.5. The van der Waals surface area contributed by atoms with Crippen molar-refractivity contribution in [1.82, 2.24) is 9.21 Å². The number of likely N-dealkylation sites (tertiary alicyclic amines) is 1. The number of rotatable bonds is 2. The van der Waals surface area contributed by atoms with E-state index in [2.05, 4.69) is 0 Å². The number of carbonyl (C=O) groups is 1. The molecule has 6 nitrogen and oxygen atoms in total. The summed E-state index contributed by atoms with van der Waals surface area (Å²) in [6.45, 7) is 3.79. The molecule has 0 aromatic carbocycles. The Morgan fingerprint density at radius 2 is 1.90 bits per heavy atom. The minimum absolute atomic E-state index is 0.00991. The van der Waals surface area contributed by atoms with Crippen molar-refractivity contribution >= 4 is 15.9 Å². The van der Waals surface area contributed by atoms with E-state index in [1.807, 2.05) is 6.92 Å². The van der Waals surface area contributed by atoms with E-state index in [9.17, 15) is 18.3 Å². The number of hydrogen-bond donors (Lipinski definition) is 1. The van der Waals surface area contributed by atoms with Gasteiger partial charge in [-0.15, -0.1) is 0 Å². The molecule has 0 saturated carbocycles. The quantitative estimate of drug-likeness (QED) is 0.772. The first-order chi connectivity index (χ1) is 9.29. The van der Waals surface area contributed by atoms with E-state index < -0.39 is 16.1 Å². The van der Waals surface area contributed by atoms with Gasteiger partial charge in [0, 0.05) is 26.2 Å². The Labute approximate surface area is 120 Å². The number of hydrogen-bond acceptors (Lipinski definition) is 4. The van der Waals surface area contributed by atoms with Gasteiger partial charge >= 0.3 is 0 Å². The van der Waals surface area contributed by atoms with Gasteiger partial charge in [0.15, 0.2) is 0 Å². The average molecular weight is 304 g/mol. The Morgan fingerprint density at radius 3 is 2.50 bits per heavy atom. The van der Waals surface area contributed by atoms with Crippen LogP contribution in [0, 0.1) is 11.8 Å². The van der Waals surface area contributed by atoms with Crippen molar-refractivity contribution in [1.29, 1.82) is 0 Å². The second kappa shape index (κ2) is 5.99. The molecular formula is C13H24N2O4S. The van der Waals surface area contributed by atoms with Crippen LogP contribution in [-0.4, -0.2) is 67.2 Å². The summed E-state index contributed by atoms with van der Waals surface area (Å²) >= 11 is 0. The van der Waals surface area contributed by atoms with Crippen LogP contribution in [0.4, 0.5) is 0 Å². The molecule has 2 rings (SSSR count). The first kappa shape index (κ1) is 15.7. The molecule has 0 spiro atoms. The van der Waals surface area contributed by atoms with Crippen molar-refractivity contribution in [3.8, 4) is 0 Å². The van der Waals surface area contributed by atoms with E-state index in [-0.39, 0.29) is 24.3 Å². The van der Waals surface area contributed by atoms with E-state index in [1.54, 1.807) is 4.90 Å². The van der Waals surface area contributed by atoms with Crippen molar-refractivity contribution in [3.63, 3.8) is 0 Å². The maximum Gasteiger partial charge on any atom is 0.227 e. The minimum atomic E-state index is -3.23. The first-order valence-electron chi connectivity index (χ1n) is 7.21. The zero-order valence-corrected chi connectivity index (χ0v) is 13.0. The highest BCUT2D eigenvalue weighted by molar-refractivity contribution is 7.88. The van der Waals surface area contributed by atoms with Crippen LogP contribution < -0.4 is 0 Å². The minimum Gasteiger partial charge on any atom is -0.391 e. The predicted molar refractivity (Wildman–Crippen MR) is 75.5 cm³/mol. The highest BCUT2D eigenvalue weighted by atomic mass is 32.2. The number of carbonyl (C=O) groups excluding carboxylic acids is 1. The second-order valence-electron chi connectivity index (χ2n) is 6.08. The molecule has 3 atom stereocenters. The third-order valence-electron chi connectivity index (χ3n) is 4.43. The average Bonchev–Trinajstić information content (AvgIpc) is 2.40. The van der Waals surface area contributed by atoms with E-state index in [0.717, 1.165) is 19.3 Å². The SMILES string of the molecule is CC1CCN(C(=O)C2CCCN(S(C)(=O)=O)C2)CC1O. The maximum atomic E-state index is 12.5. The Bertz CT molecular complexity index is 465. The van der Waals surface area contributed by atoms with Crippen LogP contribution in [0.25, 0.3) is 0 Å². The summed E-state index contributed by atoms with van der Waals surface area (Å²) in [5.41, 5.74) is 0. The largest absolute Gasteiger partial charge is 0.391 e. The number of amides is 1. The smallest absolute Gasteiger partial charge is 0.227 e. The Balaban J connectivity index is 1.99. The molecule has 3 unspecified atom stereocenters. The molecule has 7 heteroatoms. The van der Waals surface area contributed by atoms with Gasteiger partial charge in [-0.25, -0.2) is 12.7 Å². The third kappa shape index (κ3) is 3.51. The van der Waals surface area contributed by atoms with Crippen LogP contribution >= 0.6 is 0 Å². The van der Waals surface area contributed by atoms with Gasteiger partial charge in [-0.3, -0.25) is 4.79 Å². The van der Waals surface area contributed by atoms with Gasteiger partial charge in [-0.1, -0.05) is 6.92 Å². The van der Waals surface area contributed by atoms with Gasteiger partial charge in [0.05, 0.1) is 18.3 Å². The molecule has 2 aliphatic rings. The molecule has 0 aromatic rings. The third-order valence-corrected chi connectivity index (χ3v) is 5.70. The number of β-amino-alcohol motifs (C(OH)–C–C–N with tert-alkyl or cyclic N) is 1. The fourth-order valence-electron chi connectivity index (χ4n) is 2.95. The zero-order chi connectivity index (χ0) is 14.9. The molecular weight excluding hydrogens is 280 g/mol. The van der Waals surface area contributed by atoms with Crippen LogP contribution in [-0.2, 0) is 14.8 Å². The Hall–Kier alpha value is -0.660. The summed E-state index contributed by atoms with van der Waals surface area (Å²) in [5.74, 6) is -0.0543. The second-order valence-corrected chi connectivity index (χ2v) is 8.06. The highest BCUT2D eigenvalue weighted by Gasteiger charge is 2.35. The van der Waals surface area contributed by atoms with Crippen LogP contribution in [0.1, 0.15) is 26.2 Å². The Kier molecular flexibility index (Phi) is 4.71. The number of sulfonamides is 1. The van der Waals surface area contributed by atoms with Crippen LogP contribution in [0.3, 0.4) is 0 Å². The lowest BCUT2D eigenvalue weighted by Gasteiger charge is -2.38. The van der Waals surface area contributed by atoms with E-state index in [1.165, 1.54) is 10.6 Å². The Morgan fingerprint density at radius 1 is 1.20 bits per heavy atom. The predicted octanol–water partition coefficient (Wildman–Crippen LogP) is -0.113. The highest BCUT2D eigenvalue weighted by Crippen LogP contribution is 2.24. The van der Waals surface area contributed by atoms with Crippen molar-refractivity contribution in [2.24, 2.45) is 11.8 Å². The summed E-state index contributed by atoms with van der Waals surface area (Å²) in [6.07, 6.45) is 2.97. The van der Waals surface area contributed by atoms with Crippen molar-refractivity contribution in [2.75, 3.05) is 32.4 Å². The number of nitrogens with zero attached hydrogens (tertiary/aromatic N) is 2. The topological polar surface area (TPSA) is 77.9 Å². The van der Waals surface area contributed by atoms with E-state index >= 15 is 0 Å².